The molecule has 1 aromatic carbocycles. The van der Waals surface area contributed by atoms with Crippen LogP contribution in [0.25, 0.3) is 0 Å². The lowest BCUT2D eigenvalue weighted by Gasteiger charge is -2.38. The van der Waals surface area contributed by atoms with Crippen molar-refractivity contribution in [3.05, 3.63) is 30.1 Å². The molecule has 0 aromatic heterocycles. The highest BCUT2D eigenvalue weighted by Gasteiger charge is 2.40. The zero-order valence-electron chi connectivity index (χ0n) is 11.7. The first-order valence-electron chi connectivity index (χ1n) is 6.98. The summed E-state index contributed by atoms with van der Waals surface area (Å²) in [7, 11) is 0. The van der Waals surface area contributed by atoms with Gasteiger partial charge in [0.15, 0.2) is 0 Å². The van der Waals surface area contributed by atoms with E-state index in [4.69, 9.17) is 0 Å². The topological polar surface area (TPSA) is 49.4 Å². The largest absolute Gasteiger partial charge is 0.342 e. The van der Waals surface area contributed by atoms with Crippen LogP contribution >= 0.6 is 0 Å². The second kappa shape index (κ2) is 6.03. The fourth-order valence-corrected chi connectivity index (χ4v) is 2.55. The van der Waals surface area contributed by atoms with Crippen molar-refractivity contribution >= 4 is 17.5 Å². The van der Waals surface area contributed by atoms with Crippen molar-refractivity contribution in [1.29, 1.82) is 0 Å². The first-order chi connectivity index (χ1) is 9.60. The Morgan fingerprint density at radius 1 is 1.25 bits per heavy atom. The summed E-state index contributed by atoms with van der Waals surface area (Å²) in [5, 5.41) is 2.73. The third-order valence-corrected chi connectivity index (χ3v) is 3.54. The van der Waals surface area contributed by atoms with Gasteiger partial charge in [0.25, 0.3) is 0 Å². The zero-order chi connectivity index (χ0) is 14.7. The number of anilines is 1. The quantitative estimate of drug-likeness (QED) is 0.918. The summed E-state index contributed by atoms with van der Waals surface area (Å²) in [6, 6.07) is 4.87. The number of halogens is 1. The van der Waals surface area contributed by atoms with Crippen LogP contribution in [-0.2, 0) is 9.59 Å². The maximum atomic E-state index is 14.0. The average molecular weight is 278 g/mol. The predicted octanol–water partition coefficient (Wildman–Crippen LogP) is 2.24. The van der Waals surface area contributed by atoms with E-state index >= 15 is 0 Å². The normalized spacial score (nSPS) is 22.9. The number of rotatable bonds is 4. The van der Waals surface area contributed by atoms with Crippen LogP contribution in [-0.4, -0.2) is 23.9 Å². The van der Waals surface area contributed by atoms with Crippen LogP contribution in [0.3, 0.4) is 0 Å². The standard InChI is InChI=1S/C15H19FN2O2/c1-3-7-11-15(20)18(12(4-2)14(19)17-11)13-9-6-5-8-10(13)16/h5-6,8-9,11-12H,3-4,7H2,1-2H3,(H,17,19). The van der Waals surface area contributed by atoms with Crippen LogP contribution in [0.5, 0.6) is 0 Å². The van der Waals surface area contributed by atoms with Crippen molar-refractivity contribution in [1.82, 2.24) is 5.32 Å². The average Bonchev–Trinajstić information content (AvgIpc) is 2.43. The summed E-state index contributed by atoms with van der Waals surface area (Å²) >= 11 is 0. The molecule has 2 amide bonds. The van der Waals surface area contributed by atoms with Crippen molar-refractivity contribution in [2.24, 2.45) is 0 Å². The number of carbonyl (C=O) groups is 2. The minimum atomic E-state index is -0.646. The van der Waals surface area contributed by atoms with E-state index in [0.717, 1.165) is 6.42 Å². The highest BCUT2D eigenvalue weighted by atomic mass is 19.1. The predicted molar refractivity (Wildman–Crippen MR) is 74.8 cm³/mol. The smallest absolute Gasteiger partial charge is 0.250 e. The molecule has 1 fully saturated rings. The molecule has 2 atom stereocenters. The maximum Gasteiger partial charge on any atom is 0.250 e. The van der Waals surface area contributed by atoms with Crippen LogP contribution in [0.2, 0.25) is 0 Å². The SMILES string of the molecule is CCCC1NC(=O)C(CC)N(c2ccccc2F)C1=O. The van der Waals surface area contributed by atoms with Crippen LogP contribution in [0.15, 0.2) is 24.3 Å². The number of nitrogens with zero attached hydrogens (tertiary/aromatic N) is 1. The van der Waals surface area contributed by atoms with Gasteiger partial charge in [-0.15, -0.1) is 0 Å². The van der Waals surface area contributed by atoms with E-state index in [1.807, 2.05) is 13.8 Å². The fraction of sp³-hybridized carbons (Fsp3) is 0.467. The highest BCUT2D eigenvalue weighted by Crippen LogP contribution is 2.26. The van der Waals surface area contributed by atoms with Crippen LogP contribution in [0.4, 0.5) is 10.1 Å². The number of amides is 2. The molecule has 0 spiro atoms. The Morgan fingerprint density at radius 2 is 1.95 bits per heavy atom. The number of piperazine rings is 1. The number of carbonyl (C=O) groups excluding carboxylic acids is 2. The van der Waals surface area contributed by atoms with Crippen LogP contribution < -0.4 is 10.2 Å². The Labute approximate surface area is 118 Å². The maximum absolute atomic E-state index is 14.0. The van der Waals surface area contributed by atoms with Gasteiger partial charge in [0.1, 0.15) is 17.9 Å². The number of nitrogens with one attached hydrogen (secondary N) is 1. The molecule has 2 rings (SSSR count). The van der Waals surface area contributed by atoms with Gasteiger partial charge in [-0.25, -0.2) is 4.39 Å². The lowest BCUT2D eigenvalue weighted by atomic mass is 10.0. The molecule has 1 aliphatic heterocycles. The van der Waals surface area contributed by atoms with Crippen molar-refractivity contribution in [2.75, 3.05) is 4.90 Å². The molecule has 0 radical (unpaired) electrons. The molecule has 5 heteroatoms. The number of hydrogen-bond acceptors (Lipinski definition) is 2. The summed E-state index contributed by atoms with van der Waals surface area (Å²) in [6.45, 7) is 3.75. The molecular formula is C15H19FN2O2. The lowest BCUT2D eigenvalue weighted by molar-refractivity contribution is -0.134. The third kappa shape index (κ3) is 2.53. The number of hydrogen-bond donors (Lipinski definition) is 1. The zero-order valence-corrected chi connectivity index (χ0v) is 11.7. The fourth-order valence-electron chi connectivity index (χ4n) is 2.55. The van der Waals surface area contributed by atoms with Gasteiger partial charge in [-0.05, 0) is 25.0 Å². The van der Waals surface area contributed by atoms with Crippen molar-refractivity contribution in [2.45, 2.75) is 45.2 Å². The van der Waals surface area contributed by atoms with Crippen LogP contribution in [0.1, 0.15) is 33.1 Å². The summed E-state index contributed by atoms with van der Waals surface area (Å²) in [6.07, 6.45) is 1.79. The molecule has 4 nitrogen and oxygen atoms in total. The van der Waals surface area contributed by atoms with E-state index in [1.54, 1.807) is 12.1 Å². The summed E-state index contributed by atoms with van der Waals surface area (Å²) in [5.74, 6) is -0.929. The molecular weight excluding hydrogens is 259 g/mol. The van der Waals surface area contributed by atoms with Gasteiger partial charge in [-0.2, -0.15) is 0 Å². The lowest BCUT2D eigenvalue weighted by Crippen LogP contribution is -2.63. The second-order valence-electron chi connectivity index (χ2n) is 4.93. The Hall–Kier alpha value is -1.91. The molecule has 0 saturated carbocycles. The van der Waals surface area contributed by atoms with Gasteiger partial charge in [0.2, 0.25) is 11.8 Å². The van der Waals surface area contributed by atoms with Crippen molar-refractivity contribution < 1.29 is 14.0 Å². The molecule has 1 aromatic rings. The highest BCUT2D eigenvalue weighted by molar-refractivity contribution is 6.08. The van der Waals surface area contributed by atoms with E-state index < -0.39 is 17.9 Å². The third-order valence-electron chi connectivity index (χ3n) is 3.54. The molecule has 1 heterocycles. The van der Waals surface area contributed by atoms with Gasteiger partial charge in [-0.1, -0.05) is 32.4 Å². The summed E-state index contributed by atoms with van der Waals surface area (Å²) in [5.41, 5.74) is 0.181. The van der Waals surface area contributed by atoms with Gasteiger partial charge >= 0.3 is 0 Å². The van der Waals surface area contributed by atoms with Crippen LogP contribution in [0, 0.1) is 5.82 Å². The Kier molecular flexibility index (Phi) is 4.37. The minimum absolute atomic E-state index is 0.181. The molecule has 108 valence electrons. The van der Waals surface area contributed by atoms with E-state index in [1.165, 1.54) is 17.0 Å². The first-order valence-corrected chi connectivity index (χ1v) is 6.98. The van der Waals surface area contributed by atoms with Crippen molar-refractivity contribution in [3.8, 4) is 0 Å². The molecule has 1 N–H and O–H groups in total. The molecule has 20 heavy (non-hydrogen) atoms. The monoisotopic (exact) mass is 278 g/mol. The van der Waals surface area contributed by atoms with E-state index in [-0.39, 0.29) is 17.5 Å². The van der Waals surface area contributed by atoms with Gasteiger partial charge in [-0.3, -0.25) is 14.5 Å². The van der Waals surface area contributed by atoms with E-state index in [2.05, 4.69) is 5.32 Å². The Morgan fingerprint density at radius 3 is 2.55 bits per heavy atom. The van der Waals surface area contributed by atoms with Gasteiger partial charge in [0.05, 0.1) is 5.69 Å². The summed E-state index contributed by atoms with van der Waals surface area (Å²) in [4.78, 5) is 26.0. The molecule has 1 aliphatic rings. The molecule has 2 unspecified atom stereocenters. The number of benzene rings is 1. The Balaban J connectivity index is 2.41. The Bertz CT molecular complexity index is 518. The summed E-state index contributed by atoms with van der Waals surface area (Å²) < 4.78 is 14.0. The molecule has 0 aliphatic carbocycles. The van der Waals surface area contributed by atoms with Gasteiger partial charge in [0, 0.05) is 0 Å². The van der Waals surface area contributed by atoms with Gasteiger partial charge < -0.3 is 5.32 Å². The second-order valence-corrected chi connectivity index (χ2v) is 4.93. The number of para-hydroxylation sites is 1. The van der Waals surface area contributed by atoms with E-state index in [0.29, 0.717) is 12.8 Å². The van der Waals surface area contributed by atoms with Crippen molar-refractivity contribution in [3.63, 3.8) is 0 Å². The first kappa shape index (κ1) is 14.5. The van der Waals surface area contributed by atoms with E-state index in [9.17, 15) is 14.0 Å². The molecule has 0 bridgehead atoms. The minimum Gasteiger partial charge on any atom is -0.342 e. The molecule has 1 saturated heterocycles.